The summed E-state index contributed by atoms with van der Waals surface area (Å²) in [5.41, 5.74) is 4.51. The van der Waals surface area contributed by atoms with Crippen LogP contribution in [0.4, 0.5) is 5.82 Å². The predicted molar refractivity (Wildman–Crippen MR) is 88.2 cm³/mol. The first-order chi connectivity index (χ1) is 9.56. The van der Waals surface area contributed by atoms with Crippen LogP contribution < -0.4 is 5.32 Å². The van der Waals surface area contributed by atoms with Crippen molar-refractivity contribution in [1.82, 2.24) is 9.97 Å². The second-order valence-electron chi connectivity index (χ2n) is 4.81. The second-order valence-corrected chi connectivity index (χ2v) is 5.73. The normalized spacial score (nSPS) is 10.7. The Morgan fingerprint density at radius 2 is 1.90 bits per heavy atom. The molecule has 20 heavy (non-hydrogen) atoms. The monoisotopic (exact) mass is 333 g/mol. The van der Waals surface area contributed by atoms with Gasteiger partial charge in [0.25, 0.3) is 0 Å². The Kier molecular flexibility index (Phi) is 4.76. The summed E-state index contributed by atoms with van der Waals surface area (Å²) >= 11 is 3.49. The highest BCUT2D eigenvalue weighted by atomic mass is 79.9. The summed E-state index contributed by atoms with van der Waals surface area (Å²) in [5.74, 6) is 1.74. The molecule has 1 N–H and O–H groups in total. The number of nitrogens with zero attached hydrogens (tertiary/aromatic N) is 2. The van der Waals surface area contributed by atoms with Gasteiger partial charge in [0.05, 0.1) is 0 Å². The fourth-order valence-electron chi connectivity index (χ4n) is 2.25. The smallest absolute Gasteiger partial charge is 0.162 e. The Morgan fingerprint density at radius 1 is 1.15 bits per heavy atom. The first kappa shape index (κ1) is 15.0. The molecule has 0 amide bonds. The van der Waals surface area contributed by atoms with Crippen molar-refractivity contribution in [2.75, 3.05) is 11.9 Å². The number of benzene rings is 1. The molecule has 0 aliphatic carbocycles. The zero-order valence-electron chi connectivity index (χ0n) is 12.4. The van der Waals surface area contributed by atoms with E-state index in [1.165, 1.54) is 5.56 Å². The summed E-state index contributed by atoms with van der Waals surface area (Å²) in [7, 11) is 0. The van der Waals surface area contributed by atoms with E-state index in [1.54, 1.807) is 0 Å². The van der Waals surface area contributed by atoms with Crippen molar-refractivity contribution >= 4 is 21.7 Å². The lowest BCUT2D eigenvalue weighted by Crippen LogP contribution is -2.07. The summed E-state index contributed by atoms with van der Waals surface area (Å²) in [5, 5.41) is 3.33. The van der Waals surface area contributed by atoms with Crippen molar-refractivity contribution in [3.63, 3.8) is 0 Å². The molecule has 106 valence electrons. The van der Waals surface area contributed by atoms with E-state index < -0.39 is 0 Å². The van der Waals surface area contributed by atoms with Gasteiger partial charge in [-0.1, -0.05) is 22.9 Å². The van der Waals surface area contributed by atoms with Crippen LogP contribution in [0.15, 0.2) is 22.7 Å². The number of nitrogens with one attached hydrogen (secondary N) is 1. The molecule has 2 rings (SSSR count). The van der Waals surface area contributed by atoms with Crippen molar-refractivity contribution < 1.29 is 0 Å². The fourth-order valence-corrected chi connectivity index (χ4v) is 2.72. The van der Waals surface area contributed by atoms with E-state index in [1.807, 2.05) is 6.07 Å². The zero-order valence-corrected chi connectivity index (χ0v) is 14.0. The lowest BCUT2D eigenvalue weighted by atomic mass is 10.1. The summed E-state index contributed by atoms with van der Waals surface area (Å²) in [6.07, 6.45) is 0.912. The molecule has 2 aromatic rings. The molecule has 0 atom stereocenters. The Bertz CT molecular complexity index is 623. The lowest BCUT2D eigenvalue weighted by Gasteiger charge is -2.13. The number of rotatable bonds is 4. The van der Waals surface area contributed by atoms with E-state index in [0.29, 0.717) is 0 Å². The lowest BCUT2D eigenvalue weighted by molar-refractivity contribution is 0.969. The van der Waals surface area contributed by atoms with Gasteiger partial charge in [0.1, 0.15) is 5.82 Å². The summed E-state index contributed by atoms with van der Waals surface area (Å²) in [6, 6.07) is 6.19. The molecule has 1 aromatic heterocycles. The van der Waals surface area contributed by atoms with E-state index in [0.717, 1.165) is 45.9 Å². The van der Waals surface area contributed by atoms with Crippen LogP contribution in [-0.2, 0) is 6.42 Å². The van der Waals surface area contributed by atoms with Crippen molar-refractivity contribution in [1.29, 1.82) is 0 Å². The maximum atomic E-state index is 4.73. The molecule has 4 heteroatoms. The Balaban J connectivity index is 2.58. The highest BCUT2D eigenvalue weighted by Crippen LogP contribution is 2.26. The third-order valence-corrected chi connectivity index (χ3v) is 3.85. The fraction of sp³-hybridized carbons (Fsp3) is 0.375. The van der Waals surface area contributed by atoms with Crippen molar-refractivity contribution in [3.8, 4) is 11.4 Å². The minimum atomic E-state index is 0.799. The van der Waals surface area contributed by atoms with E-state index >= 15 is 0 Å². The van der Waals surface area contributed by atoms with Gasteiger partial charge in [0.2, 0.25) is 0 Å². The largest absolute Gasteiger partial charge is 0.370 e. The number of anilines is 1. The molecule has 3 nitrogen and oxygen atoms in total. The average Bonchev–Trinajstić information content (AvgIpc) is 2.41. The van der Waals surface area contributed by atoms with Crippen molar-refractivity contribution in [3.05, 3.63) is 39.5 Å². The van der Waals surface area contributed by atoms with Crippen LogP contribution in [0, 0.1) is 13.8 Å². The minimum absolute atomic E-state index is 0.799. The Hall–Kier alpha value is -1.42. The van der Waals surface area contributed by atoms with Gasteiger partial charge in [-0.05, 0) is 51.0 Å². The molecule has 0 saturated carbocycles. The Labute approximate surface area is 129 Å². The highest BCUT2D eigenvalue weighted by Gasteiger charge is 2.12. The molecule has 0 spiro atoms. The molecule has 1 aromatic carbocycles. The van der Waals surface area contributed by atoms with Crippen LogP contribution in [0.3, 0.4) is 0 Å². The zero-order chi connectivity index (χ0) is 14.7. The van der Waals surface area contributed by atoms with Crippen LogP contribution in [-0.4, -0.2) is 16.5 Å². The third kappa shape index (κ3) is 3.01. The van der Waals surface area contributed by atoms with Crippen LogP contribution in [0.5, 0.6) is 0 Å². The molecule has 0 fully saturated rings. The summed E-state index contributed by atoms with van der Waals surface area (Å²) in [4.78, 5) is 9.42. The van der Waals surface area contributed by atoms with Gasteiger partial charge in [-0.15, -0.1) is 0 Å². The molecule has 0 saturated heterocycles. The van der Waals surface area contributed by atoms with E-state index in [-0.39, 0.29) is 0 Å². The molecule has 1 heterocycles. The highest BCUT2D eigenvalue weighted by molar-refractivity contribution is 9.10. The van der Waals surface area contributed by atoms with Gasteiger partial charge >= 0.3 is 0 Å². The standard InChI is InChI=1S/C16H20BrN3/c1-5-14-11(4)15(18-6-2)20-16(19-14)13-8-7-12(17)9-10(13)3/h7-9H,5-6H2,1-4H3,(H,18,19,20). The minimum Gasteiger partial charge on any atom is -0.370 e. The van der Waals surface area contributed by atoms with Crippen molar-refractivity contribution in [2.45, 2.75) is 34.1 Å². The van der Waals surface area contributed by atoms with Gasteiger partial charge in [-0.25, -0.2) is 9.97 Å². The third-order valence-electron chi connectivity index (χ3n) is 3.36. The Morgan fingerprint density at radius 3 is 2.50 bits per heavy atom. The van der Waals surface area contributed by atoms with Crippen LogP contribution in [0.25, 0.3) is 11.4 Å². The first-order valence-corrected chi connectivity index (χ1v) is 7.74. The maximum absolute atomic E-state index is 4.73. The quantitative estimate of drug-likeness (QED) is 0.893. The molecule has 0 unspecified atom stereocenters. The van der Waals surface area contributed by atoms with Crippen LogP contribution in [0.1, 0.15) is 30.7 Å². The van der Waals surface area contributed by atoms with Gasteiger partial charge < -0.3 is 5.32 Å². The van der Waals surface area contributed by atoms with E-state index in [4.69, 9.17) is 9.97 Å². The average molecular weight is 334 g/mol. The maximum Gasteiger partial charge on any atom is 0.162 e. The van der Waals surface area contributed by atoms with Gasteiger partial charge in [-0.2, -0.15) is 0 Å². The first-order valence-electron chi connectivity index (χ1n) is 6.94. The molecule has 0 aliphatic rings. The molecule has 0 aliphatic heterocycles. The van der Waals surface area contributed by atoms with Gasteiger partial charge in [0, 0.05) is 27.8 Å². The molecular weight excluding hydrogens is 314 g/mol. The summed E-state index contributed by atoms with van der Waals surface area (Å²) in [6.45, 7) is 9.23. The van der Waals surface area contributed by atoms with Gasteiger partial charge in [-0.3, -0.25) is 0 Å². The van der Waals surface area contributed by atoms with Gasteiger partial charge in [0.15, 0.2) is 5.82 Å². The van der Waals surface area contributed by atoms with Crippen LogP contribution in [0.2, 0.25) is 0 Å². The molecular formula is C16H20BrN3. The number of hydrogen-bond acceptors (Lipinski definition) is 3. The van der Waals surface area contributed by atoms with E-state index in [9.17, 15) is 0 Å². The SMILES string of the molecule is CCNc1nc(-c2ccc(Br)cc2C)nc(CC)c1C. The number of aryl methyl sites for hydroxylation is 2. The summed E-state index contributed by atoms with van der Waals surface area (Å²) < 4.78 is 1.08. The van der Waals surface area contributed by atoms with Crippen molar-refractivity contribution in [2.24, 2.45) is 0 Å². The van der Waals surface area contributed by atoms with Crippen LogP contribution >= 0.6 is 15.9 Å². The molecule has 0 radical (unpaired) electrons. The number of halogens is 1. The number of aromatic nitrogens is 2. The predicted octanol–water partition coefficient (Wildman–Crippen LogP) is 4.52. The second kappa shape index (κ2) is 6.35. The van der Waals surface area contributed by atoms with E-state index in [2.05, 4.69) is 61.1 Å². The topological polar surface area (TPSA) is 37.8 Å². The molecule has 0 bridgehead atoms. The number of hydrogen-bond donors (Lipinski definition) is 1.